The molecule has 0 bridgehead atoms. The molecule has 2 heterocycles. The molecule has 0 aliphatic carbocycles. The Kier molecular flexibility index (Phi) is 6.38. The SMILES string of the molecule is CCC(Nc1nc(NCc2cc(OC)ccc2N)c2ncn(CC)c2n1)C(C)O. The highest BCUT2D eigenvalue weighted by Gasteiger charge is 2.18. The van der Waals surface area contributed by atoms with E-state index in [0.29, 0.717) is 29.5 Å². The van der Waals surface area contributed by atoms with Crippen LogP contribution in [-0.2, 0) is 13.1 Å². The number of nitrogens with one attached hydrogen (secondary N) is 2. The fraction of sp³-hybridized carbons (Fsp3) is 0.450. The predicted octanol–water partition coefficient (Wildman–Crippen LogP) is 2.62. The quantitative estimate of drug-likeness (QED) is 0.405. The summed E-state index contributed by atoms with van der Waals surface area (Å²) < 4.78 is 7.24. The fourth-order valence-corrected chi connectivity index (χ4v) is 3.13. The first kappa shape index (κ1) is 20.7. The van der Waals surface area contributed by atoms with Crippen molar-refractivity contribution in [2.45, 2.75) is 52.4 Å². The van der Waals surface area contributed by atoms with Gasteiger partial charge < -0.3 is 30.8 Å². The molecule has 9 nitrogen and oxygen atoms in total. The highest BCUT2D eigenvalue weighted by molar-refractivity contribution is 5.84. The third-order valence-electron chi connectivity index (χ3n) is 4.94. The summed E-state index contributed by atoms with van der Waals surface area (Å²) in [4.78, 5) is 13.7. The second-order valence-corrected chi connectivity index (χ2v) is 6.92. The van der Waals surface area contributed by atoms with Gasteiger partial charge in [-0.2, -0.15) is 9.97 Å². The van der Waals surface area contributed by atoms with Crippen LogP contribution in [0.5, 0.6) is 5.75 Å². The van der Waals surface area contributed by atoms with Gasteiger partial charge in [-0.3, -0.25) is 0 Å². The highest BCUT2D eigenvalue weighted by atomic mass is 16.5. The van der Waals surface area contributed by atoms with Crippen molar-refractivity contribution in [3.05, 3.63) is 30.1 Å². The summed E-state index contributed by atoms with van der Waals surface area (Å²) in [7, 11) is 1.62. The number of aliphatic hydroxyl groups is 1. The molecule has 0 aliphatic rings. The summed E-state index contributed by atoms with van der Waals surface area (Å²) in [6.07, 6.45) is 1.97. The minimum absolute atomic E-state index is 0.146. The number of nitrogens with zero attached hydrogens (tertiary/aromatic N) is 4. The summed E-state index contributed by atoms with van der Waals surface area (Å²) in [5.41, 5.74) is 9.08. The van der Waals surface area contributed by atoms with Gasteiger partial charge in [0.05, 0.1) is 25.6 Å². The third kappa shape index (κ3) is 4.51. The van der Waals surface area contributed by atoms with Crippen LogP contribution in [0.3, 0.4) is 0 Å². The van der Waals surface area contributed by atoms with E-state index >= 15 is 0 Å². The lowest BCUT2D eigenvalue weighted by Crippen LogP contribution is -2.31. The first-order chi connectivity index (χ1) is 14.0. The topological polar surface area (TPSA) is 123 Å². The van der Waals surface area contributed by atoms with E-state index in [1.165, 1.54) is 0 Å². The number of aromatic nitrogens is 4. The van der Waals surface area contributed by atoms with Crippen LogP contribution in [0.1, 0.15) is 32.8 Å². The average Bonchev–Trinajstić information content (AvgIpc) is 3.14. The fourth-order valence-electron chi connectivity index (χ4n) is 3.13. The lowest BCUT2D eigenvalue weighted by Gasteiger charge is -2.20. The van der Waals surface area contributed by atoms with Crippen molar-refractivity contribution in [3.63, 3.8) is 0 Å². The van der Waals surface area contributed by atoms with Gasteiger partial charge in [0, 0.05) is 18.8 Å². The molecule has 1 aromatic carbocycles. The Labute approximate surface area is 170 Å². The van der Waals surface area contributed by atoms with Crippen LogP contribution >= 0.6 is 0 Å². The molecule has 3 aromatic rings. The molecule has 5 N–H and O–H groups in total. The number of nitrogen functional groups attached to an aromatic ring is 1. The van der Waals surface area contributed by atoms with Crippen molar-refractivity contribution in [2.75, 3.05) is 23.5 Å². The van der Waals surface area contributed by atoms with E-state index < -0.39 is 6.10 Å². The molecule has 0 radical (unpaired) electrons. The number of benzene rings is 1. The molecule has 2 atom stereocenters. The minimum atomic E-state index is -0.525. The Bertz CT molecular complexity index is 971. The average molecular weight is 399 g/mol. The maximum atomic E-state index is 9.97. The van der Waals surface area contributed by atoms with Gasteiger partial charge in [0.15, 0.2) is 17.0 Å². The molecule has 9 heteroatoms. The maximum absolute atomic E-state index is 9.97. The molecule has 0 saturated carbocycles. The Morgan fingerprint density at radius 1 is 1.28 bits per heavy atom. The zero-order valence-electron chi connectivity index (χ0n) is 17.3. The Hall–Kier alpha value is -3.07. The number of nitrogens with two attached hydrogens (primary N) is 1. The molecule has 3 rings (SSSR count). The van der Waals surface area contributed by atoms with Crippen LogP contribution in [0.15, 0.2) is 24.5 Å². The highest BCUT2D eigenvalue weighted by Crippen LogP contribution is 2.24. The first-order valence-electron chi connectivity index (χ1n) is 9.80. The minimum Gasteiger partial charge on any atom is -0.497 e. The standard InChI is InChI=1S/C20H29N7O2/c1-5-16(12(3)28)24-20-25-18(17-19(26-20)27(6-2)11-23-17)22-10-13-9-14(29-4)7-8-15(13)21/h7-9,11-12,16,28H,5-6,10,21H2,1-4H3,(H2,22,24,25,26). The van der Waals surface area contributed by atoms with Crippen LogP contribution in [0.25, 0.3) is 11.2 Å². The van der Waals surface area contributed by atoms with E-state index in [-0.39, 0.29) is 6.04 Å². The van der Waals surface area contributed by atoms with Gasteiger partial charge in [-0.05, 0) is 44.0 Å². The van der Waals surface area contributed by atoms with E-state index in [2.05, 4.69) is 25.6 Å². The summed E-state index contributed by atoms with van der Waals surface area (Å²) in [6, 6.07) is 5.39. The maximum Gasteiger partial charge on any atom is 0.227 e. The Morgan fingerprint density at radius 3 is 2.72 bits per heavy atom. The van der Waals surface area contributed by atoms with E-state index in [1.807, 2.05) is 36.6 Å². The molecule has 2 aromatic heterocycles. The van der Waals surface area contributed by atoms with Crippen LogP contribution in [-0.4, -0.2) is 43.9 Å². The summed E-state index contributed by atoms with van der Waals surface area (Å²) in [5.74, 6) is 1.79. The van der Waals surface area contributed by atoms with Crippen molar-refractivity contribution in [1.82, 2.24) is 19.5 Å². The second-order valence-electron chi connectivity index (χ2n) is 6.92. The zero-order valence-corrected chi connectivity index (χ0v) is 17.3. The van der Waals surface area contributed by atoms with Gasteiger partial charge in [0.25, 0.3) is 0 Å². The molecule has 0 amide bonds. The van der Waals surface area contributed by atoms with Crippen LogP contribution in [0.4, 0.5) is 17.5 Å². The van der Waals surface area contributed by atoms with Gasteiger partial charge in [-0.1, -0.05) is 6.92 Å². The predicted molar refractivity (Wildman–Crippen MR) is 115 cm³/mol. The Balaban J connectivity index is 1.94. The molecular weight excluding hydrogens is 370 g/mol. The van der Waals surface area contributed by atoms with Crippen molar-refractivity contribution in [2.24, 2.45) is 0 Å². The second kappa shape index (κ2) is 8.95. The number of aliphatic hydroxyl groups excluding tert-OH is 1. The lowest BCUT2D eigenvalue weighted by molar-refractivity contribution is 0.169. The van der Waals surface area contributed by atoms with Crippen molar-refractivity contribution in [1.29, 1.82) is 0 Å². The summed E-state index contributed by atoms with van der Waals surface area (Å²) in [5, 5.41) is 16.5. The van der Waals surface area contributed by atoms with E-state index in [1.54, 1.807) is 20.4 Å². The zero-order chi connectivity index (χ0) is 21.0. The number of imidazole rings is 1. The first-order valence-corrected chi connectivity index (χ1v) is 9.80. The largest absolute Gasteiger partial charge is 0.497 e. The number of hydrogen-bond donors (Lipinski definition) is 4. The normalized spacial score (nSPS) is 13.3. The van der Waals surface area contributed by atoms with Gasteiger partial charge in [0.1, 0.15) is 5.75 Å². The van der Waals surface area contributed by atoms with Crippen molar-refractivity contribution in [3.8, 4) is 5.75 Å². The number of anilines is 3. The van der Waals surface area contributed by atoms with Crippen LogP contribution in [0, 0.1) is 0 Å². The monoisotopic (exact) mass is 399 g/mol. The van der Waals surface area contributed by atoms with Crippen molar-refractivity contribution >= 4 is 28.6 Å². The molecule has 0 aliphatic heterocycles. The van der Waals surface area contributed by atoms with E-state index in [0.717, 1.165) is 29.9 Å². The van der Waals surface area contributed by atoms with E-state index in [9.17, 15) is 5.11 Å². The van der Waals surface area contributed by atoms with E-state index in [4.69, 9.17) is 10.5 Å². The Morgan fingerprint density at radius 2 is 2.07 bits per heavy atom. The van der Waals surface area contributed by atoms with Gasteiger partial charge in [0.2, 0.25) is 5.95 Å². The molecule has 2 unspecified atom stereocenters. The summed E-state index contributed by atoms with van der Waals surface area (Å²) >= 11 is 0. The summed E-state index contributed by atoms with van der Waals surface area (Å²) in [6.45, 7) is 6.99. The van der Waals surface area contributed by atoms with Crippen LogP contribution in [0.2, 0.25) is 0 Å². The van der Waals surface area contributed by atoms with Gasteiger partial charge in [-0.25, -0.2) is 4.98 Å². The molecule has 156 valence electrons. The number of rotatable bonds is 9. The molecule has 0 spiro atoms. The van der Waals surface area contributed by atoms with Crippen molar-refractivity contribution < 1.29 is 9.84 Å². The number of hydrogen-bond acceptors (Lipinski definition) is 8. The van der Waals surface area contributed by atoms with Gasteiger partial charge in [-0.15, -0.1) is 0 Å². The molecular formula is C20H29N7O2. The van der Waals surface area contributed by atoms with Gasteiger partial charge >= 0.3 is 0 Å². The number of methoxy groups -OCH3 is 1. The lowest BCUT2D eigenvalue weighted by atomic mass is 10.1. The third-order valence-corrected chi connectivity index (χ3v) is 4.94. The molecule has 0 fully saturated rings. The molecule has 0 saturated heterocycles. The smallest absolute Gasteiger partial charge is 0.227 e. The van der Waals surface area contributed by atoms with Crippen LogP contribution < -0.4 is 21.1 Å². The number of ether oxygens (including phenoxy) is 1. The molecule has 29 heavy (non-hydrogen) atoms. The number of fused-ring (bicyclic) bond motifs is 1. The number of aryl methyl sites for hydroxylation is 1.